The zero-order chi connectivity index (χ0) is 19.2. The molecule has 4 rings (SSSR count). The Balaban J connectivity index is 1.62. The maximum absolute atomic E-state index is 12.9. The lowest BCUT2D eigenvalue weighted by Crippen LogP contribution is -2.47. The number of carbonyl (C=O) groups excluding carboxylic acids is 2. The first kappa shape index (κ1) is 18.4. The first-order valence-electron chi connectivity index (χ1n) is 9.19. The summed E-state index contributed by atoms with van der Waals surface area (Å²) < 4.78 is 32.4. The number of sulfonamides is 1. The van der Waals surface area contributed by atoms with Crippen LogP contribution in [0.1, 0.15) is 25.3 Å². The number of amides is 2. The van der Waals surface area contributed by atoms with Crippen molar-refractivity contribution in [1.29, 1.82) is 0 Å². The molecule has 0 spiro atoms. The molecular weight excluding hydrogens is 370 g/mol. The smallest absolute Gasteiger partial charge is 0.243 e. The Kier molecular flexibility index (Phi) is 4.69. The highest BCUT2D eigenvalue weighted by atomic mass is 32.2. The predicted octanol–water partition coefficient (Wildman–Crippen LogP) is 0.264. The van der Waals surface area contributed by atoms with E-state index in [1.54, 1.807) is 12.1 Å². The van der Waals surface area contributed by atoms with Crippen LogP contribution >= 0.6 is 0 Å². The van der Waals surface area contributed by atoms with Crippen molar-refractivity contribution in [2.45, 2.75) is 43.2 Å². The molecule has 1 saturated carbocycles. The molecule has 8 nitrogen and oxygen atoms in total. The highest BCUT2D eigenvalue weighted by molar-refractivity contribution is 7.89. The van der Waals surface area contributed by atoms with Gasteiger partial charge in [-0.05, 0) is 36.6 Å². The lowest BCUT2D eigenvalue weighted by Gasteiger charge is -2.26. The van der Waals surface area contributed by atoms with Gasteiger partial charge in [-0.15, -0.1) is 0 Å². The Hall–Kier alpha value is -1.97. The summed E-state index contributed by atoms with van der Waals surface area (Å²) in [5.41, 5.74) is 1.31. The zero-order valence-electron chi connectivity index (χ0n) is 15.2. The van der Waals surface area contributed by atoms with Crippen molar-refractivity contribution in [3.8, 4) is 0 Å². The second-order valence-electron chi connectivity index (χ2n) is 7.20. The van der Waals surface area contributed by atoms with Crippen molar-refractivity contribution >= 4 is 27.5 Å². The largest absolute Gasteiger partial charge is 0.379 e. The van der Waals surface area contributed by atoms with E-state index in [0.717, 1.165) is 12.8 Å². The molecular formula is C18H23N3O5S. The molecule has 0 bridgehead atoms. The Bertz CT molecular complexity index is 875. The summed E-state index contributed by atoms with van der Waals surface area (Å²) in [6.07, 6.45) is 2.25. The second kappa shape index (κ2) is 6.88. The Morgan fingerprint density at radius 2 is 1.89 bits per heavy atom. The Labute approximate surface area is 158 Å². The summed E-state index contributed by atoms with van der Waals surface area (Å²) in [6, 6.07) is 4.32. The molecule has 9 heteroatoms. The average molecular weight is 393 g/mol. The number of nitrogens with zero attached hydrogens (tertiary/aromatic N) is 2. The van der Waals surface area contributed by atoms with Crippen LogP contribution in [0.15, 0.2) is 23.1 Å². The molecule has 1 aliphatic carbocycles. The van der Waals surface area contributed by atoms with Crippen LogP contribution in [0.5, 0.6) is 0 Å². The number of ether oxygens (including phenoxy) is 1. The molecule has 3 aliphatic rings. The van der Waals surface area contributed by atoms with Gasteiger partial charge in [-0.3, -0.25) is 14.5 Å². The normalized spacial score (nSPS) is 23.1. The number of morpholine rings is 1. The van der Waals surface area contributed by atoms with Crippen LogP contribution in [0, 0.1) is 0 Å². The van der Waals surface area contributed by atoms with Crippen LogP contribution in [0.25, 0.3) is 0 Å². The zero-order valence-corrected chi connectivity index (χ0v) is 16.0. The third-order valence-corrected chi connectivity index (χ3v) is 7.10. The van der Waals surface area contributed by atoms with Crippen LogP contribution in [-0.2, 0) is 30.8 Å². The van der Waals surface area contributed by atoms with E-state index in [-0.39, 0.29) is 22.8 Å². The van der Waals surface area contributed by atoms with Gasteiger partial charge >= 0.3 is 0 Å². The number of nitrogens with one attached hydrogen (secondary N) is 1. The summed E-state index contributed by atoms with van der Waals surface area (Å²) in [7, 11) is -3.62. The molecule has 1 aromatic carbocycles. The van der Waals surface area contributed by atoms with Crippen molar-refractivity contribution in [1.82, 2.24) is 9.62 Å². The van der Waals surface area contributed by atoms with E-state index >= 15 is 0 Å². The van der Waals surface area contributed by atoms with E-state index in [4.69, 9.17) is 4.74 Å². The van der Waals surface area contributed by atoms with Crippen LogP contribution in [0.3, 0.4) is 0 Å². The first-order chi connectivity index (χ1) is 12.9. The number of fused-ring (bicyclic) bond motifs is 1. The van der Waals surface area contributed by atoms with Crippen molar-refractivity contribution in [3.05, 3.63) is 23.8 Å². The molecule has 0 radical (unpaired) electrons. The van der Waals surface area contributed by atoms with E-state index in [9.17, 15) is 18.0 Å². The number of hydrogen-bond donors (Lipinski definition) is 1. The maximum Gasteiger partial charge on any atom is 0.243 e. The molecule has 0 aromatic heterocycles. The lowest BCUT2D eigenvalue weighted by molar-refractivity contribution is -0.125. The molecule has 1 N–H and O–H groups in total. The molecule has 1 saturated heterocycles. The van der Waals surface area contributed by atoms with Crippen molar-refractivity contribution in [2.24, 2.45) is 0 Å². The molecule has 2 amide bonds. The number of benzene rings is 1. The molecule has 0 unspecified atom stereocenters. The number of carbonyl (C=O) groups is 2. The summed E-state index contributed by atoms with van der Waals surface area (Å²) in [5, 5.41) is 2.94. The van der Waals surface area contributed by atoms with E-state index in [2.05, 4.69) is 5.32 Å². The monoisotopic (exact) mass is 393 g/mol. The van der Waals surface area contributed by atoms with Gasteiger partial charge < -0.3 is 10.1 Å². The first-order valence-corrected chi connectivity index (χ1v) is 10.6. The predicted molar refractivity (Wildman–Crippen MR) is 97.8 cm³/mol. The van der Waals surface area contributed by atoms with Crippen molar-refractivity contribution in [3.63, 3.8) is 0 Å². The van der Waals surface area contributed by atoms with Crippen LogP contribution in [0.4, 0.5) is 5.69 Å². The highest BCUT2D eigenvalue weighted by Crippen LogP contribution is 2.35. The van der Waals surface area contributed by atoms with Crippen LogP contribution < -0.4 is 10.2 Å². The highest BCUT2D eigenvalue weighted by Gasteiger charge is 2.39. The minimum atomic E-state index is -3.62. The van der Waals surface area contributed by atoms with Gasteiger partial charge in [-0.1, -0.05) is 0 Å². The van der Waals surface area contributed by atoms with E-state index in [1.165, 1.54) is 22.2 Å². The quantitative estimate of drug-likeness (QED) is 0.792. The summed E-state index contributed by atoms with van der Waals surface area (Å²) >= 11 is 0. The molecule has 27 heavy (non-hydrogen) atoms. The summed E-state index contributed by atoms with van der Waals surface area (Å²) in [4.78, 5) is 26.4. The van der Waals surface area contributed by atoms with Gasteiger partial charge in [0.15, 0.2) is 0 Å². The Morgan fingerprint density at radius 1 is 1.19 bits per heavy atom. The van der Waals surface area contributed by atoms with Crippen LogP contribution in [0.2, 0.25) is 0 Å². The molecule has 2 aliphatic heterocycles. The van der Waals surface area contributed by atoms with Gasteiger partial charge in [0.1, 0.15) is 6.04 Å². The van der Waals surface area contributed by atoms with Gasteiger partial charge in [-0.25, -0.2) is 8.42 Å². The SMILES string of the molecule is CC(=O)N1c2ccc(S(=O)(=O)N3CCOCC3)cc2C[C@@H]1C(=O)NC1CC1. The van der Waals surface area contributed by atoms with Gasteiger partial charge in [0.05, 0.1) is 18.1 Å². The van der Waals surface area contributed by atoms with Crippen molar-refractivity contribution < 1.29 is 22.7 Å². The second-order valence-corrected chi connectivity index (χ2v) is 9.14. The van der Waals surface area contributed by atoms with Gasteiger partial charge in [0, 0.05) is 38.2 Å². The molecule has 2 fully saturated rings. The number of anilines is 1. The van der Waals surface area contributed by atoms with E-state index < -0.39 is 16.1 Å². The third-order valence-electron chi connectivity index (χ3n) is 5.21. The number of rotatable bonds is 4. The fourth-order valence-corrected chi connectivity index (χ4v) is 5.11. The fraction of sp³-hybridized carbons (Fsp3) is 0.556. The molecule has 146 valence electrons. The summed E-state index contributed by atoms with van der Waals surface area (Å²) in [6.45, 7) is 2.83. The standard InChI is InChI=1S/C18H23N3O5S/c1-12(22)21-16-5-4-15(27(24,25)20-6-8-26-9-7-20)10-13(16)11-17(21)18(23)19-14-2-3-14/h4-5,10,14,17H,2-3,6-9,11H2,1H3,(H,19,23)/t17-/m1/s1. The van der Waals surface area contributed by atoms with Crippen LogP contribution in [-0.4, -0.2) is 62.9 Å². The average Bonchev–Trinajstić information content (AvgIpc) is 3.37. The van der Waals surface area contributed by atoms with Crippen molar-refractivity contribution in [2.75, 3.05) is 31.2 Å². The maximum atomic E-state index is 12.9. The van der Waals surface area contributed by atoms with Gasteiger partial charge in [0.2, 0.25) is 21.8 Å². The van der Waals surface area contributed by atoms with E-state index in [0.29, 0.717) is 44.0 Å². The minimum absolute atomic E-state index is 0.179. The third kappa shape index (κ3) is 3.46. The lowest BCUT2D eigenvalue weighted by atomic mass is 10.1. The minimum Gasteiger partial charge on any atom is -0.379 e. The fourth-order valence-electron chi connectivity index (χ4n) is 3.65. The summed E-state index contributed by atoms with van der Waals surface area (Å²) in [5.74, 6) is -0.407. The van der Waals surface area contributed by atoms with E-state index in [1.807, 2.05) is 0 Å². The molecule has 2 heterocycles. The molecule has 1 atom stereocenters. The Morgan fingerprint density at radius 3 is 2.52 bits per heavy atom. The van der Waals surface area contributed by atoms with Gasteiger partial charge in [-0.2, -0.15) is 4.31 Å². The number of hydrogen-bond acceptors (Lipinski definition) is 5. The molecule has 1 aromatic rings. The topological polar surface area (TPSA) is 96.0 Å². The van der Waals surface area contributed by atoms with Gasteiger partial charge in [0.25, 0.3) is 0 Å².